The maximum Gasteiger partial charge on any atom is 0.518 e. The first-order chi connectivity index (χ1) is 14.2. The first kappa shape index (κ1) is 23.7. The Kier molecular flexibility index (Phi) is 8.66. The molecule has 0 aromatic carbocycles. The monoisotopic (exact) mass is 434 g/mol. The van der Waals surface area contributed by atoms with Gasteiger partial charge < -0.3 is 38.6 Å². The fourth-order valence-corrected chi connectivity index (χ4v) is 3.65. The zero-order chi connectivity index (χ0) is 22.3. The highest BCUT2D eigenvalue weighted by molar-refractivity contribution is 5.77. The largest absolute Gasteiger partial charge is 0.518 e. The van der Waals surface area contributed by atoms with Crippen LogP contribution in [0.2, 0.25) is 0 Å². The Morgan fingerprint density at radius 1 is 0.700 bits per heavy atom. The maximum absolute atomic E-state index is 11.8. The molecule has 2 aliphatic carbocycles. The molecule has 0 saturated heterocycles. The molecule has 2 fully saturated rings. The number of hydrogen-bond donors (Lipinski definition) is 2. The molecule has 2 N–H and O–H groups in total. The van der Waals surface area contributed by atoms with Gasteiger partial charge in [-0.25, -0.2) is 19.2 Å². The van der Waals surface area contributed by atoms with E-state index in [9.17, 15) is 19.2 Å². The summed E-state index contributed by atoms with van der Waals surface area (Å²) < 4.78 is 28.1. The smallest absolute Gasteiger partial charge is 0.431 e. The first-order valence-electron chi connectivity index (χ1n) is 9.62. The molecule has 2 aliphatic rings. The van der Waals surface area contributed by atoms with Crippen LogP contribution in [0.4, 0.5) is 19.2 Å². The number of fused-ring (bicyclic) bond motifs is 1. The zero-order valence-electron chi connectivity index (χ0n) is 16.7. The molecular weight excluding hydrogens is 408 g/mol. The summed E-state index contributed by atoms with van der Waals surface area (Å²) in [6, 6.07) is 0. The summed E-state index contributed by atoms with van der Waals surface area (Å²) in [7, 11) is 0. The van der Waals surface area contributed by atoms with Gasteiger partial charge in [0, 0.05) is 11.8 Å². The molecule has 0 aromatic heterocycles. The average molecular weight is 434 g/mol. The molecule has 12 nitrogen and oxygen atoms in total. The highest BCUT2D eigenvalue weighted by atomic mass is 16.8. The van der Waals surface area contributed by atoms with Crippen LogP contribution in [0, 0.1) is 11.8 Å². The summed E-state index contributed by atoms with van der Waals surface area (Å²) in [5.74, 6) is -0.211. The second-order valence-corrected chi connectivity index (χ2v) is 7.32. The van der Waals surface area contributed by atoms with Crippen molar-refractivity contribution in [2.75, 3.05) is 13.2 Å². The molecule has 0 radical (unpaired) electrons. The van der Waals surface area contributed by atoms with Crippen LogP contribution in [0.15, 0.2) is 0 Å². The predicted molar refractivity (Wildman–Crippen MR) is 94.2 cm³/mol. The van der Waals surface area contributed by atoms with E-state index in [1.807, 2.05) is 0 Å². The normalized spacial score (nSPS) is 26.7. The Hall–Kier alpha value is -2.60. The van der Waals surface area contributed by atoms with Crippen molar-refractivity contribution in [3.8, 4) is 0 Å². The van der Waals surface area contributed by atoms with Gasteiger partial charge in [0.05, 0.1) is 12.2 Å². The predicted octanol–water partition coefficient (Wildman–Crippen LogP) is 1.88. The van der Waals surface area contributed by atoms with Crippen molar-refractivity contribution >= 4 is 24.6 Å². The number of aliphatic hydroxyl groups excluding tert-OH is 2. The van der Waals surface area contributed by atoms with E-state index in [1.165, 1.54) is 13.8 Å². The van der Waals surface area contributed by atoms with E-state index < -0.39 is 49.0 Å². The van der Waals surface area contributed by atoms with Gasteiger partial charge in [-0.3, -0.25) is 0 Å². The number of hydrogen-bond acceptors (Lipinski definition) is 12. The number of carbonyl (C=O) groups excluding carboxylic acids is 4. The van der Waals surface area contributed by atoms with Gasteiger partial charge in [-0.05, 0) is 39.5 Å². The Morgan fingerprint density at radius 3 is 1.40 bits per heavy atom. The fourth-order valence-electron chi connectivity index (χ4n) is 3.65. The minimum absolute atomic E-state index is 0.106. The van der Waals surface area contributed by atoms with Crippen LogP contribution >= 0.6 is 0 Å². The third-order valence-corrected chi connectivity index (χ3v) is 4.79. The molecule has 2 rings (SSSR count). The van der Waals surface area contributed by atoms with Gasteiger partial charge >= 0.3 is 24.6 Å². The van der Waals surface area contributed by atoms with E-state index in [2.05, 4.69) is 18.9 Å². The molecule has 12 heteroatoms. The topological polar surface area (TPSA) is 164 Å². The van der Waals surface area contributed by atoms with Crippen LogP contribution in [-0.4, -0.2) is 72.5 Å². The molecular formula is C18H26O12. The van der Waals surface area contributed by atoms with E-state index in [1.54, 1.807) is 0 Å². The number of aliphatic hydroxyl groups is 2. The van der Waals surface area contributed by atoms with E-state index in [-0.39, 0.29) is 25.0 Å². The second-order valence-electron chi connectivity index (χ2n) is 7.32. The highest BCUT2D eigenvalue weighted by Gasteiger charge is 2.48. The summed E-state index contributed by atoms with van der Waals surface area (Å²) >= 11 is 0. The Morgan fingerprint density at radius 2 is 1.07 bits per heavy atom. The van der Waals surface area contributed by atoms with Crippen LogP contribution in [0.3, 0.4) is 0 Å². The van der Waals surface area contributed by atoms with E-state index in [0.717, 1.165) is 0 Å². The quantitative estimate of drug-likeness (QED) is 0.355. The molecule has 6 atom stereocenters. The molecule has 0 aliphatic heterocycles. The first-order valence-corrected chi connectivity index (χ1v) is 9.62. The standard InChI is InChI=1S/C18H26O12/c1-9(19)7-25-15(21)29-17(23)27-13-5-3-12-11(13)4-6-14(12)28-18(24)30-16(22)26-8-10(2)20/h9-14,19-20H,3-8H2,1-2H3. The lowest BCUT2D eigenvalue weighted by atomic mass is 9.98. The summed E-state index contributed by atoms with van der Waals surface area (Å²) in [6.45, 7) is 2.16. The molecule has 6 unspecified atom stereocenters. The van der Waals surface area contributed by atoms with Gasteiger partial charge in [0.15, 0.2) is 0 Å². The van der Waals surface area contributed by atoms with E-state index in [0.29, 0.717) is 25.7 Å². The third kappa shape index (κ3) is 7.34. The summed E-state index contributed by atoms with van der Waals surface area (Å²) in [5.41, 5.74) is 0. The van der Waals surface area contributed by atoms with Crippen molar-refractivity contribution in [3.63, 3.8) is 0 Å². The van der Waals surface area contributed by atoms with Crippen LogP contribution in [0.1, 0.15) is 39.5 Å². The van der Waals surface area contributed by atoms with Crippen molar-refractivity contribution in [2.24, 2.45) is 11.8 Å². The van der Waals surface area contributed by atoms with Gasteiger partial charge in [0.1, 0.15) is 25.4 Å². The lowest BCUT2D eigenvalue weighted by Gasteiger charge is -2.20. The van der Waals surface area contributed by atoms with Gasteiger partial charge in [0.25, 0.3) is 0 Å². The van der Waals surface area contributed by atoms with Crippen LogP contribution in [0.25, 0.3) is 0 Å². The summed E-state index contributed by atoms with van der Waals surface area (Å²) in [4.78, 5) is 46.2. The second kappa shape index (κ2) is 11.0. The van der Waals surface area contributed by atoms with Crippen LogP contribution < -0.4 is 0 Å². The maximum atomic E-state index is 11.8. The lowest BCUT2D eigenvalue weighted by molar-refractivity contribution is -0.0125. The molecule has 2 saturated carbocycles. The lowest BCUT2D eigenvalue weighted by Crippen LogP contribution is -2.28. The van der Waals surface area contributed by atoms with Crippen molar-refractivity contribution < 1.29 is 57.8 Å². The van der Waals surface area contributed by atoms with Crippen LogP contribution in [-0.2, 0) is 28.4 Å². The number of ether oxygens (including phenoxy) is 6. The Balaban J connectivity index is 1.74. The van der Waals surface area contributed by atoms with Crippen molar-refractivity contribution in [2.45, 2.75) is 63.9 Å². The zero-order valence-corrected chi connectivity index (χ0v) is 16.7. The van der Waals surface area contributed by atoms with Crippen molar-refractivity contribution in [1.82, 2.24) is 0 Å². The van der Waals surface area contributed by atoms with Crippen LogP contribution in [0.5, 0.6) is 0 Å². The summed E-state index contributed by atoms with van der Waals surface area (Å²) in [5, 5.41) is 18.0. The van der Waals surface area contributed by atoms with Gasteiger partial charge in [0.2, 0.25) is 0 Å². The minimum Gasteiger partial charge on any atom is -0.431 e. The Labute approximate surface area is 172 Å². The molecule has 0 heterocycles. The Bertz CT molecular complexity index is 577. The summed E-state index contributed by atoms with van der Waals surface area (Å²) in [6.07, 6.45) is -5.63. The SMILES string of the molecule is CC(O)COC(=O)OC(=O)OC1CCC2C(OC(=O)OC(=O)OCC(C)O)CCC12. The minimum atomic E-state index is -1.27. The van der Waals surface area contributed by atoms with Gasteiger partial charge in [-0.1, -0.05) is 0 Å². The molecule has 0 aromatic rings. The fraction of sp³-hybridized carbons (Fsp3) is 0.778. The average Bonchev–Trinajstić information content (AvgIpc) is 3.22. The molecule has 0 bridgehead atoms. The van der Waals surface area contributed by atoms with Crippen molar-refractivity contribution in [1.29, 1.82) is 0 Å². The number of carbonyl (C=O) groups is 4. The molecule has 170 valence electrons. The van der Waals surface area contributed by atoms with E-state index in [4.69, 9.17) is 19.7 Å². The molecule has 0 spiro atoms. The van der Waals surface area contributed by atoms with E-state index >= 15 is 0 Å². The van der Waals surface area contributed by atoms with Gasteiger partial charge in [-0.2, -0.15) is 0 Å². The number of rotatable bonds is 6. The van der Waals surface area contributed by atoms with Crippen molar-refractivity contribution in [3.05, 3.63) is 0 Å². The van der Waals surface area contributed by atoms with Gasteiger partial charge in [-0.15, -0.1) is 0 Å². The highest BCUT2D eigenvalue weighted by Crippen LogP contribution is 2.47. The third-order valence-electron chi connectivity index (χ3n) is 4.79. The molecule has 30 heavy (non-hydrogen) atoms. The molecule has 0 amide bonds.